The van der Waals surface area contributed by atoms with Crippen LogP contribution in [0.2, 0.25) is 0 Å². The van der Waals surface area contributed by atoms with E-state index in [1.54, 1.807) is 0 Å². The van der Waals surface area contributed by atoms with Gasteiger partial charge < -0.3 is 12.1 Å². The first kappa shape index (κ1) is 16.2. The van der Waals surface area contributed by atoms with E-state index in [2.05, 4.69) is 72.8 Å². The van der Waals surface area contributed by atoms with Crippen molar-refractivity contribution in [1.82, 2.24) is 0 Å². The van der Waals surface area contributed by atoms with Gasteiger partial charge in [-0.05, 0) is 0 Å². The monoisotopic (exact) mass is 298 g/mol. The maximum atomic E-state index is 6.24. The molecule has 0 saturated heterocycles. The minimum Gasteiger partial charge on any atom is -0.782 e. The average molecular weight is 298 g/mol. The normalized spacial score (nSPS) is 10.7. The van der Waals surface area contributed by atoms with E-state index in [0.29, 0.717) is 0 Å². The Morgan fingerprint density at radius 1 is 0.476 bits per heavy atom. The Kier molecular flexibility index (Phi) is 5.55. The SMILES string of the molecule is [Li+].[S-][Si](c1ccccc1)(c1ccccc1)c1ccccc1. The molecule has 3 rings (SSSR count). The maximum Gasteiger partial charge on any atom is 1.00 e. The molecule has 0 N–H and O–H groups in total. The van der Waals surface area contributed by atoms with Gasteiger partial charge in [-0.2, -0.15) is 0 Å². The molecule has 0 nitrogen and oxygen atoms in total. The minimum absolute atomic E-state index is 0. The summed E-state index contributed by atoms with van der Waals surface area (Å²) in [4.78, 5) is 0. The van der Waals surface area contributed by atoms with Crippen molar-refractivity contribution in [2.45, 2.75) is 0 Å². The van der Waals surface area contributed by atoms with E-state index in [4.69, 9.17) is 12.1 Å². The molecule has 0 amide bonds. The van der Waals surface area contributed by atoms with E-state index in [-0.39, 0.29) is 18.9 Å². The van der Waals surface area contributed by atoms with Crippen LogP contribution in [0, 0.1) is 0 Å². The van der Waals surface area contributed by atoms with Crippen LogP contribution in [0.1, 0.15) is 0 Å². The summed E-state index contributed by atoms with van der Waals surface area (Å²) in [7, 11) is -2.29. The molecule has 0 atom stereocenters. The van der Waals surface area contributed by atoms with Crippen LogP contribution in [0.3, 0.4) is 0 Å². The summed E-state index contributed by atoms with van der Waals surface area (Å²) in [6, 6.07) is 31.6. The first-order chi connectivity index (χ1) is 9.82. The van der Waals surface area contributed by atoms with E-state index in [1.165, 1.54) is 15.6 Å². The van der Waals surface area contributed by atoms with E-state index in [9.17, 15) is 0 Å². The molecular formula is C18H15LiSSi. The van der Waals surface area contributed by atoms with Gasteiger partial charge in [-0.25, -0.2) is 0 Å². The van der Waals surface area contributed by atoms with Gasteiger partial charge in [0.25, 0.3) is 0 Å². The summed E-state index contributed by atoms with van der Waals surface area (Å²) in [6.45, 7) is 0. The molecule has 0 saturated carbocycles. The molecule has 0 aromatic heterocycles. The van der Waals surface area contributed by atoms with Crippen LogP contribution in [0.25, 0.3) is 0 Å². The maximum absolute atomic E-state index is 6.24. The fourth-order valence-corrected chi connectivity index (χ4v) is 6.73. The van der Waals surface area contributed by atoms with Crippen LogP contribution in [-0.2, 0) is 12.1 Å². The van der Waals surface area contributed by atoms with Crippen LogP contribution in [0.15, 0.2) is 91.0 Å². The second kappa shape index (κ2) is 7.20. The van der Waals surface area contributed by atoms with Gasteiger partial charge in [-0.3, -0.25) is 0 Å². The van der Waals surface area contributed by atoms with Crippen molar-refractivity contribution < 1.29 is 18.9 Å². The van der Waals surface area contributed by atoms with Gasteiger partial charge in [-0.15, -0.1) is 0 Å². The second-order valence-corrected chi connectivity index (χ2v) is 9.71. The molecule has 0 unspecified atom stereocenters. The smallest absolute Gasteiger partial charge is 0.782 e. The number of rotatable bonds is 3. The Bertz CT molecular complexity index is 575. The first-order valence-corrected chi connectivity index (χ1v) is 9.82. The van der Waals surface area contributed by atoms with Crippen molar-refractivity contribution >= 4 is 34.9 Å². The molecule has 0 aliphatic heterocycles. The quantitative estimate of drug-likeness (QED) is 0.347. The molecule has 0 heterocycles. The van der Waals surface area contributed by atoms with Gasteiger partial charge in [-0.1, -0.05) is 107 Å². The topological polar surface area (TPSA) is 0 Å². The second-order valence-electron chi connectivity index (χ2n) is 4.78. The summed E-state index contributed by atoms with van der Waals surface area (Å²) in [6.07, 6.45) is 0. The Morgan fingerprint density at radius 3 is 0.952 bits per heavy atom. The van der Waals surface area contributed by atoms with Crippen LogP contribution < -0.4 is 34.4 Å². The Morgan fingerprint density at radius 2 is 0.714 bits per heavy atom. The third kappa shape index (κ3) is 3.20. The number of hydrogen-bond donors (Lipinski definition) is 0. The van der Waals surface area contributed by atoms with E-state index in [0.717, 1.165) is 0 Å². The molecule has 0 aliphatic carbocycles. The van der Waals surface area contributed by atoms with Crippen molar-refractivity contribution in [3.63, 3.8) is 0 Å². The predicted molar refractivity (Wildman–Crippen MR) is 91.3 cm³/mol. The van der Waals surface area contributed by atoms with E-state index in [1.807, 2.05) is 18.2 Å². The molecule has 3 aromatic rings. The number of benzene rings is 3. The summed E-state index contributed by atoms with van der Waals surface area (Å²) in [5, 5.41) is 3.81. The molecule has 0 radical (unpaired) electrons. The van der Waals surface area contributed by atoms with Crippen LogP contribution in [-0.4, -0.2) is 7.22 Å². The molecule has 3 heteroatoms. The van der Waals surface area contributed by atoms with E-state index < -0.39 is 7.22 Å². The number of hydrogen-bond acceptors (Lipinski definition) is 1. The Hall–Kier alpha value is -1.18. The summed E-state index contributed by atoms with van der Waals surface area (Å²) < 4.78 is 0. The van der Waals surface area contributed by atoms with Crippen LogP contribution in [0.5, 0.6) is 0 Å². The van der Waals surface area contributed by atoms with Gasteiger partial charge in [0.15, 0.2) is 0 Å². The zero-order valence-electron chi connectivity index (χ0n) is 12.1. The van der Waals surface area contributed by atoms with Gasteiger partial charge in [0, 0.05) is 7.22 Å². The van der Waals surface area contributed by atoms with Crippen LogP contribution in [0.4, 0.5) is 0 Å². The minimum atomic E-state index is -2.29. The summed E-state index contributed by atoms with van der Waals surface area (Å²) >= 11 is 6.24. The molecular weight excluding hydrogens is 283 g/mol. The average Bonchev–Trinajstić information content (AvgIpc) is 2.56. The first-order valence-electron chi connectivity index (χ1n) is 6.69. The van der Waals surface area contributed by atoms with Crippen molar-refractivity contribution in [2.75, 3.05) is 0 Å². The molecule has 3 aromatic carbocycles. The third-order valence-electron chi connectivity index (χ3n) is 3.54. The zero-order chi connectivity index (χ0) is 13.8. The van der Waals surface area contributed by atoms with Crippen LogP contribution >= 0.6 is 0 Å². The fourth-order valence-electron chi connectivity index (χ4n) is 2.52. The Labute approximate surface area is 144 Å². The third-order valence-corrected chi connectivity index (χ3v) is 9.10. The Balaban J connectivity index is 0.00000161. The molecule has 21 heavy (non-hydrogen) atoms. The van der Waals surface area contributed by atoms with Gasteiger partial charge in [0.2, 0.25) is 0 Å². The van der Waals surface area contributed by atoms with Gasteiger partial charge >= 0.3 is 18.9 Å². The standard InChI is InChI=1S/C18H15SSi.Li/c19-20(16-10-4-1-5-11-16,17-12-6-2-7-13-17)18-14-8-3-9-15-18;/h1-15H;/q-1;+1. The molecule has 98 valence electrons. The van der Waals surface area contributed by atoms with Crippen molar-refractivity contribution in [3.8, 4) is 0 Å². The van der Waals surface area contributed by atoms with Gasteiger partial charge in [0.05, 0.1) is 0 Å². The zero-order valence-corrected chi connectivity index (χ0v) is 13.9. The fraction of sp³-hybridized carbons (Fsp3) is 0. The molecule has 0 bridgehead atoms. The molecule has 0 spiro atoms. The van der Waals surface area contributed by atoms with Gasteiger partial charge in [0.1, 0.15) is 0 Å². The largest absolute Gasteiger partial charge is 1.00 e. The predicted octanol–water partition coefficient (Wildman–Crippen LogP) is -0.796. The summed E-state index contributed by atoms with van der Waals surface area (Å²) in [5.41, 5.74) is 0. The van der Waals surface area contributed by atoms with E-state index >= 15 is 0 Å². The summed E-state index contributed by atoms with van der Waals surface area (Å²) in [5.74, 6) is 0. The van der Waals surface area contributed by atoms with Crippen molar-refractivity contribution in [2.24, 2.45) is 0 Å². The molecule has 0 aliphatic rings. The van der Waals surface area contributed by atoms with Crippen molar-refractivity contribution in [1.29, 1.82) is 0 Å². The van der Waals surface area contributed by atoms with Crippen molar-refractivity contribution in [3.05, 3.63) is 91.0 Å². The molecule has 0 fully saturated rings.